The Balaban J connectivity index is 1.40. The van der Waals surface area contributed by atoms with Crippen molar-refractivity contribution < 1.29 is 0 Å². The quantitative estimate of drug-likeness (QED) is 0.699. The van der Waals surface area contributed by atoms with Gasteiger partial charge in [0.1, 0.15) is 5.82 Å². The van der Waals surface area contributed by atoms with Gasteiger partial charge in [-0.15, -0.1) is 0 Å². The molecule has 0 fully saturated rings. The Labute approximate surface area is 164 Å². The van der Waals surface area contributed by atoms with Gasteiger partial charge in [0.25, 0.3) is 0 Å². The Bertz CT molecular complexity index is 1140. The highest BCUT2D eigenvalue weighted by molar-refractivity contribution is 5.91. The minimum atomic E-state index is 0.808. The van der Waals surface area contributed by atoms with Gasteiger partial charge in [-0.1, -0.05) is 30.8 Å². The van der Waals surface area contributed by atoms with E-state index in [1.54, 1.807) is 0 Å². The van der Waals surface area contributed by atoms with E-state index < -0.39 is 0 Å². The van der Waals surface area contributed by atoms with E-state index in [1.165, 1.54) is 22.3 Å². The second kappa shape index (κ2) is 7.06. The molecule has 3 aromatic rings. The van der Waals surface area contributed by atoms with E-state index in [-0.39, 0.29) is 0 Å². The Hall–Kier alpha value is -3.24. The highest BCUT2D eigenvalue weighted by Gasteiger charge is 2.11. The summed E-state index contributed by atoms with van der Waals surface area (Å²) in [4.78, 5) is 8.78. The van der Waals surface area contributed by atoms with Crippen molar-refractivity contribution >= 4 is 34.1 Å². The number of anilines is 1. The predicted octanol–water partition coefficient (Wildman–Crippen LogP) is 4.78. The first kappa shape index (κ1) is 16.9. The number of pyridine rings is 1. The number of allylic oxidation sites excluding steroid dienone is 1. The maximum Gasteiger partial charge on any atom is 0.130 e. The lowest BCUT2D eigenvalue weighted by molar-refractivity contribution is 0.643. The summed E-state index contributed by atoms with van der Waals surface area (Å²) in [6.07, 6.45) is 7.77. The van der Waals surface area contributed by atoms with Crippen LogP contribution in [-0.2, 0) is 13.0 Å². The van der Waals surface area contributed by atoms with Crippen LogP contribution in [0.5, 0.6) is 0 Å². The van der Waals surface area contributed by atoms with Crippen molar-refractivity contribution in [2.45, 2.75) is 19.4 Å². The number of aromatic nitrogens is 1. The fourth-order valence-corrected chi connectivity index (χ4v) is 3.84. The smallest absolute Gasteiger partial charge is 0.130 e. The van der Waals surface area contributed by atoms with E-state index in [4.69, 9.17) is 0 Å². The number of rotatable bonds is 4. The topological polar surface area (TPSA) is 49.3 Å². The number of benzene rings is 2. The lowest BCUT2D eigenvalue weighted by Crippen LogP contribution is -2.23. The maximum absolute atomic E-state index is 4.56. The highest BCUT2D eigenvalue weighted by atomic mass is 15.0. The molecule has 4 heteroatoms. The molecule has 2 aliphatic rings. The van der Waals surface area contributed by atoms with E-state index >= 15 is 0 Å². The molecule has 0 radical (unpaired) electrons. The molecule has 0 amide bonds. The number of nitrogens with zero attached hydrogens (tertiary/aromatic N) is 2. The number of hydrogen-bond donors (Lipinski definition) is 2. The molecule has 0 bridgehead atoms. The molecule has 2 aliphatic heterocycles. The van der Waals surface area contributed by atoms with E-state index in [0.717, 1.165) is 53.8 Å². The molecule has 4 nitrogen and oxygen atoms in total. The fourth-order valence-electron chi connectivity index (χ4n) is 3.84. The van der Waals surface area contributed by atoms with Gasteiger partial charge in [-0.05, 0) is 64.4 Å². The molecular weight excluding hydrogens is 344 g/mol. The zero-order chi connectivity index (χ0) is 18.9. The van der Waals surface area contributed by atoms with Gasteiger partial charge in [0.2, 0.25) is 0 Å². The lowest BCUT2D eigenvalue weighted by Gasteiger charge is -2.19. The van der Waals surface area contributed by atoms with Crippen LogP contribution in [0.15, 0.2) is 66.4 Å². The molecule has 0 saturated carbocycles. The number of fused-ring (bicyclic) bond motifs is 2. The minimum Gasteiger partial charge on any atom is -0.340 e. The van der Waals surface area contributed by atoms with Crippen LogP contribution in [0, 0.1) is 0 Å². The fraction of sp³-hybridized carbons (Fsp3) is 0.167. The van der Waals surface area contributed by atoms with Crippen molar-refractivity contribution in [2.24, 2.45) is 4.99 Å². The molecule has 5 rings (SSSR count). The zero-order valence-electron chi connectivity index (χ0n) is 15.7. The maximum atomic E-state index is 4.56. The lowest BCUT2D eigenvalue weighted by atomic mass is 9.97. The molecule has 2 N–H and O–H groups in total. The van der Waals surface area contributed by atoms with Crippen LogP contribution in [-0.4, -0.2) is 17.7 Å². The van der Waals surface area contributed by atoms with Crippen LogP contribution >= 0.6 is 0 Å². The summed E-state index contributed by atoms with van der Waals surface area (Å²) in [6.45, 7) is 6.21. The van der Waals surface area contributed by atoms with Gasteiger partial charge in [0.15, 0.2) is 0 Å². The second-order valence-corrected chi connectivity index (χ2v) is 7.34. The van der Waals surface area contributed by atoms with Gasteiger partial charge in [-0.25, -0.2) is 4.98 Å². The third kappa shape index (κ3) is 3.23. The van der Waals surface area contributed by atoms with E-state index in [0.29, 0.717) is 0 Å². The average molecular weight is 366 g/mol. The van der Waals surface area contributed by atoms with Gasteiger partial charge in [0, 0.05) is 42.7 Å². The van der Waals surface area contributed by atoms with Crippen LogP contribution in [0.25, 0.3) is 22.0 Å². The molecule has 3 heterocycles. The van der Waals surface area contributed by atoms with E-state index in [9.17, 15) is 0 Å². The largest absolute Gasteiger partial charge is 0.340 e. The molecule has 0 atom stereocenters. The first-order chi connectivity index (χ1) is 13.8. The first-order valence-electron chi connectivity index (χ1n) is 9.66. The van der Waals surface area contributed by atoms with Gasteiger partial charge >= 0.3 is 0 Å². The summed E-state index contributed by atoms with van der Waals surface area (Å²) in [5, 5.41) is 9.09. The molecule has 28 heavy (non-hydrogen) atoms. The third-order valence-electron chi connectivity index (χ3n) is 5.46. The summed E-state index contributed by atoms with van der Waals surface area (Å²) in [5.74, 6) is 0.808. The van der Waals surface area contributed by atoms with Gasteiger partial charge in [0.05, 0.1) is 0 Å². The van der Waals surface area contributed by atoms with Crippen LogP contribution < -0.4 is 10.6 Å². The standard InChI is InChI=1S/C24H22N4/c1-16(18-3-2-17-6-8-26-14-23(17)10-18)28-24-12-22-11-19(21-7-9-25-13-21)4-5-20(22)15-27-24/h2-5,9-13,15,26H,1,6-8,14H2,(H,27,28). The molecule has 2 aromatic carbocycles. The van der Waals surface area contributed by atoms with E-state index in [2.05, 4.69) is 69.7 Å². The number of nitrogens with one attached hydrogen (secondary N) is 2. The van der Waals surface area contributed by atoms with Crippen molar-refractivity contribution in [3.8, 4) is 0 Å². The van der Waals surface area contributed by atoms with Crippen molar-refractivity contribution in [2.75, 3.05) is 11.9 Å². The summed E-state index contributed by atoms with van der Waals surface area (Å²) >= 11 is 0. The Kier molecular flexibility index (Phi) is 4.26. The van der Waals surface area contributed by atoms with Gasteiger partial charge in [-0.3, -0.25) is 4.99 Å². The predicted molar refractivity (Wildman–Crippen MR) is 117 cm³/mol. The van der Waals surface area contributed by atoms with Crippen molar-refractivity contribution in [1.29, 1.82) is 0 Å². The molecule has 138 valence electrons. The van der Waals surface area contributed by atoms with Crippen LogP contribution in [0.2, 0.25) is 0 Å². The Morgan fingerprint density at radius 3 is 2.89 bits per heavy atom. The normalized spacial score (nSPS) is 15.4. The van der Waals surface area contributed by atoms with Crippen LogP contribution in [0.1, 0.15) is 28.7 Å². The van der Waals surface area contributed by atoms with Crippen molar-refractivity contribution in [3.63, 3.8) is 0 Å². The van der Waals surface area contributed by atoms with Crippen molar-refractivity contribution in [1.82, 2.24) is 10.3 Å². The van der Waals surface area contributed by atoms with Gasteiger partial charge in [-0.2, -0.15) is 0 Å². The SMILES string of the molecule is C=C(Nc1cc2cc(C3=CN=CC3)ccc2cn1)c1ccc2c(c1)CNCC2. The van der Waals surface area contributed by atoms with Crippen LogP contribution in [0.3, 0.4) is 0 Å². The van der Waals surface area contributed by atoms with E-state index in [1.807, 2.05) is 18.6 Å². The Morgan fingerprint density at radius 2 is 2.00 bits per heavy atom. The summed E-state index contributed by atoms with van der Waals surface area (Å²) in [7, 11) is 0. The molecular formula is C24H22N4. The first-order valence-corrected chi connectivity index (χ1v) is 9.66. The number of hydrogen-bond acceptors (Lipinski definition) is 4. The van der Waals surface area contributed by atoms with Crippen LogP contribution in [0.4, 0.5) is 5.82 Å². The third-order valence-corrected chi connectivity index (χ3v) is 5.46. The molecule has 0 spiro atoms. The monoisotopic (exact) mass is 366 g/mol. The Morgan fingerprint density at radius 1 is 1.04 bits per heavy atom. The summed E-state index contributed by atoms with van der Waals surface area (Å²) in [5.41, 5.74) is 7.21. The minimum absolute atomic E-state index is 0.808. The molecule has 0 saturated heterocycles. The molecule has 0 unspecified atom stereocenters. The average Bonchev–Trinajstić information content (AvgIpc) is 3.28. The van der Waals surface area contributed by atoms with Gasteiger partial charge < -0.3 is 10.6 Å². The zero-order valence-corrected chi connectivity index (χ0v) is 15.7. The molecule has 1 aromatic heterocycles. The number of aliphatic imine (C=N–C) groups is 1. The molecule has 0 aliphatic carbocycles. The highest BCUT2D eigenvalue weighted by Crippen LogP contribution is 2.27. The second-order valence-electron chi connectivity index (χ2n) is 7.34. The summed E-state index contributed by atoms with van der Waals surface area (Å²) < 4.78 is 0. The summed E-state index contributed by atoms with van der Waals surface area (Å²) in [6, 6.07) is 15.1. The van der Waals surface area contributed by atoms with Crippen molar-refractivity contribution in [3.05, 3.63) is 83.7 Å².